The number of para-hydroxylation sites is 1. The van der Waals surface area contributed by atoms with Crippen molar-refractivity contribution in [2.75, 3.05) is 0 Å². The number of fused-ring (bicyclic) bond motifs is 1. The number of ether oxygens (including phenoxy) is 2. The molecule has 3 rings (SSSR count). The molecule has 9 heteroatoms. The van der Waals surface area contributed by atoms with Crippen LogP contribution in [0.1, 0.15) is 73.4 Å². The average molecular weight is 534 g/mol. The van der Waals surface area contributed by atoms with Gasteiger partial charge >= 0.3 is 12.2 Å². The van der Waals surface area contributed by atoms with Gasteiger partial charge in [-0.05, 0) is 58.6 Å². The Morgan fingerprint density at radius 3 is 1.90 bits per heavy atom. The highest BCUT2D eigenvalue weighted by Gasteiger charge is 2.21. The molecule has 0 bridgehead atoms. The van der Waals surface area contributed by atoms with Crippen molar-refractivity contribution >= 4 is 29.2 Å². The minimum Gasteiger partial charge on any atom is -0.444 e. The van der Waals surface area contributed by atoms with Crippen LogP contribution in [0.5, 0.6) is 0 Å². The molecular weight excluding hydrogens is 494 g/mol. The molecule has 0 aliphatic rings. The number of alkyl carbamates (subject to hydrolysis) is 2. The van der Waals surface area contributed by atoms with Crippen LogP contribution in [0.25, 0.3) is 22.3 Å². The third-order valence-electron chi connectivity index (χ3n) is 5.35. The first-order chi connectivity index (χ1) is 18.0. The lowest BCUT2D eigenvalue weighted by atomic mass is 9.86. The molecule has 0 fully saturated rings. The van der Waals surface area contributed by atoms with Crippen LogP contribution >= 0.6 is 0 Å². The fraction of sp³-hybridized carbons (Fsp3) is 0.433. The van der Waals surface area contributed by atoms with Crippen molar-refractivity contribution in [3.05, 3.63) is 59.8 Å². The quantitative estimate of drug-likeness (QED) is 0.293. The van der Waals surface area contributed by atoms with Crippen LogP contribution in [0.4, 0.5) is 9.59 Å². The molecule has 1 heterocycles. The molecule has 2 aromatic carbocycles. The van der Waals surface area contributed by atoms with Crippen molar-refractivity contribution in [3.8, 4) is 11.3 Å². The molecular formula is C30H39N5O4. The fourth-order valence-electron chi connectivity index (χ4n) is 3.58. The lowest BCUT2D eigenvalue weighted by Gasteiger charge is -2.22. The van der Waals surface area contributed by atoms with Gasteiger partial charge in [-0.1, -0.05) is 57.2 Å². The summed E-state index contributed by atoms with van der Waals surface area (Å²) in [6.45, 7) is 17.1. The number of nitrogens with one attached hydrogen (secondary N) is 2. The zero-order valence-corrected chi connectivity index (χ0v) is 24.3. The van der Waals surface area contributed by atoms with E-state index < -0.39 is 23.4 Å². The number of guanidine groups is 1. The van der Waals surface area contributed by atoms with E-state index in [1.807, 2.05) is 18.2 Å². The minimum atomic E-state index is -0.753. The van der Waals surface area contributed by atoms with Crippen LogP contribution in [0, 0.1) is 0 Å². The van der Waals surface area contributed by atoms with Gasteiger partial charge in [-0.25, -0.2) is 19.6 Å². The maximum Gasteiger partial charge on any atom is 0.414 e. The Bertz CT molecular complexity index is 1330. The number of carbonyl (C=O) groups excluding carboxylic acids is 2. The topological polar surface area (TPSA) is 115 Å². The van der Waals surface area contributed by atoms with E-state index in [-0.39, 0.29) is 17.9 Å². The molecule has 2 amide bonds. The van der Waals surface area contributed by atoms with Crippen molar-refractivity contribution in [1.82, 2.24) is 20.6 Å². The van der Waals surface area contributed by atoms with E-state index in [1.54, 1.807) is 47.7 Å². The second kappa shape index (κ2) is 11.4. The van der Waals surface area contributed by atoms with E-state index >= 15 is 0 Å². The summed E-state index contributed by atoms with van der Waals surface area (Å²) in [5.74, 6) is -0.0981. The van der Waals surface area contributed by atoms with Gasteiger partial charge < -0.3 is 9.47 Å². The van der Waals surface area contributed by atoms with E-state index in [9.17, 15) is 9.59 Å². The van der Waals surface area contributed by atoms with Crippen LogP contribution in [0.3, 0.4) is 0 Å². The van der Waals surface area contributed by atoms with Crippen molar-refractivity contribution in [2.24, 2.45) is 4.99 Å². The number of hydrogen-bond donors (Lipinski definition) is 2. The highest BCUT2D eigenvalue weighted by atomic mass is 16.6. The van der Waals surface area contributed by atoms with Crippen molar-refractivity contribution in [3.63, 3.8) is 0 Å². The van der Waals surface area contributed by atoms with Gasteiger partial charge in [-0.3, -0.25) is 15.6 Å². The average Bonchev–Trinajstić information content (AvgIpc) is 2.79. The van der Waals surface area contributed by atoms with Gasteiger partial charge in [-0.2, -0.15) is 0 Å². The third-order valence-corrected chi connectivity index (χ3v) is 5.35. The fourth-order valence-corrected chi connectivity index (χ4v) is 3.58. The summed E-state index contributed by atoms with van der Waals surface area (Å²) in [5.41, 5.74) is 3.76. The molecule has 3 aromatic rings. The zero-order chi connectivity index (χ0) is 29.0. The second-order valence-electron chi connectivity index (χ2n) is 12.3. The first-order valence-electron chi connectivity index (χ1n) is 12.9. The molecule has 39 heavy (non-hydrogen) atoms. The lowest BCUT2D eigenvalue weighted by Crippen LogP contribution is -2.47. The molecule has 1 aromatic heterocycles. The van der Waals surface area contributed by atoms with Gasteiger partial charge in [-0.15, -0.1) is 0 Å². The van der Waals surface area contributed by atoms with Gasteiger partial charge in [0.1, 0.15) is 11.2 Å². The van der Waals surface area contributed by atoms with E-state index in [0.717, 1.165) is 16.8 Å². The SMILES string of the molecule is CC(C)(C)OC(=O)NC(=NCc1cccc2nc(-c3ccc(C(C)(C)C)cc3)cnc12)NC(=O)OC(C)(C)C. The van der Waals surface area contributed by atoms with Crippen molar-refractivity contribution in [1.29, 1.82) is 0 Å². The predicted octanol–water partition coefficient (Wildman–Crippen LogP) is 6.50. The lowest BCUT2D eigenvalue weighted by molar-refractivity contribution is 0.0545. The van der Waals surface area contributed by atoms with E-state index in [1.165, 1.54) is 5.56 Å². The molecule has 0 saturated heterocycles. The predicted molar refractivity (Wildman–Crippen MR) is 154 cm³/mol. The first kappa shape index (κ1) is 29.5. The van der Waals surface area contributed by atoms with Crippen LogP contribution in [-0.2, 0) is 21.4 Å². The Morgan fingerprint density at radius 2 is 1.38 bits per heavy atom. The summed E-state index contributed by atoms with van der Waals surface area (Å²) in [6, 6.07) is 14.0. The smallest absolute Gasteiger partial charge is 0.414 e. The van der Waals surface area contributed by atoms with Crippen LogP contribution in [0.2, 0.25) is 0 Å². The molecule has 0 saturated carbocycles. The molecule has 0 atom stereocenters. The molecule has 0 aliphatic heterocycles. The van der Waals surface area contributed by atoms with E-state index in [0.29, 0.717) is 11.0 Å². The van der Waals surface area contributed by atoms with E-state index in [2.05, 4.69) is 65.6 Å². The summed E-state index contributed by atoms with van der Waals surface area (Å²) in [6.07, 6.45) is 0.231. The minimum absolute atomic E-state index is 0.0680. The normalized spacial score (nSPS) is 12.0. The monoisotopic (exact) mass is 533 g/mol. The van der Waals surface area contributed by atoms with Crippen LogP contribution in [-0.4, -0.2) is 39.3 Å². The number of hydrogen-bond acceptors (Lipinski definition) is 7. The van der Waals surface area contributed by atoms with Gasteiger partial charge in [0.25, 0.3) is 0 Å². The van der Waals surface area contributed by atoms with Crippen molar-refractivity contribution in [2.45, 2.75) is 85.5 Å². The summed E-state index contributed by atoms with van der Waals surface area (Å²) in [4.78, 5) is 38.7. The van der Waals surface area contributed by atoms with Crippen molar-refractivity contribution < 1.29 is 19.1 Å². The highest BCUT2D eigenvalue weighted by Crippen LogP contribution is 2.26. The molecule has 9 nitrogen and oxygen atoms in total. The number of amides is 2. The molecule has 0 aliphatic carbocycles. The Labute approximate surface area is 230 Å². The molecule has 0 unspecified atom stereocenters. The maximum atomic E-state index is 12.4. The third kappa shape index (κ3) is 9.05. The van der Waals surface area contributed by atoms with Gasteiger partial charge in [0.15, 0.2) is 0 Å². The zero-order valence-electron chi connectivity index (χ0n) is 24.3. The largest absolute Gasteiger partial charge is 0.444 e. The standard InChI is InChI=1S/C30H39N5O4/c1-28(2,3)21-15-13-19(14-16-21)23-18-31-24-20(11-10-12-22(24)33-23)17-32-25(34-26(36)38-29(4,5)6)35-27(37)39-30(7,8)9/h10-16,18H,17H2,1-9H3,(H2,32,34,35,36,37). The Kier molecular flexibility index (Phi) is 8.63. The summed E-state index contributed by atoms with van der Waals surface area (Å²) in [5, 5.41) is 4.99. The number of aliphatic imine (C=N–C) groups is 1. The maximum absolute atomic E-state index is 12.4. The molecule has 2 N–H and O–H groups in total. The molecule has 0 radical (unpaired) electrons. The Hall–Kier alpha value is -4.01. The second-order valence-corrected chi connectivity index (χ2v) is 12.3. The van der Waals surface area contributed by atoms with Gasteiger partial charge in [0, 0.05) is 11.1 Å². The van der Waals surface area contributed by atoms with Gasteiger partial charge in [0.2, 0.25) is 5.96 Å². The first-order valence-corrected chi connectivity index (χ1v) is 12.9. The summed E-state index contributed by atoms with van der Waals surface area (Å²) >= 11 is 0. The summed E-state index contributed by atoms with van der Waals surface area (Å²) in [7, 11) is 0. The van der Waals surface area contributed by atoms with Crippen LogP contribution < -0.4 is 10.6 Å². The number of carbonyl (C=O) groups is 2. The van der Waals surface area contributed by atoms with Crippen LogP contribution in [0.15, 0.2) is 53.7 Å². The van der Waals surface area contributed by atoms with Gasteiger partial charge in [0.05, 0.1) is 29.5 Å². The number of benzene rings is 2. The number of aromatic nitrogens is 2. The molecule has 0 spiro atoms. The Morgan fingerprint density at radius 1 is 0.821 bits per heavy atom. The highest BCUT2D eigenvalue weighted by molar-refractivity contribution is 6.01. The number of nitrogens with zero attached hydrogens (tertiary/aromatic N) is 3. The molecule has 208 valence electrons. The number of rotatable bonds is 3. The van der Waals surface area contributed by atoms with E-state index in [4.69, 9.17) is 14.5 Å². The Balaban J connectivity index is 1.87. The summed E-state index contributed by atoms with van der Waals surface area (Å²) < 4.78 is 10.6.